The molecule has 1 aromatic carbocycles. The van der Waals surface area contributed by atoms with Crippen LogP contribution in [0.15, 0.2) is 24.3 Å². The van der Waals surface area contributed by atoms with Crippen molar-refractivity contribution >= 4 is 23.4 Å². The molecule has 0 aliphatic carbocycles. The SMILES string of the molecule is CNC(=O)c1cc(-c2cc(Cl)cc([C@@H]3[C@@H](C)NCCN3C(C)=O)c2F)cc(OC)n1. The van der Waals surface area contributed by atoms with Crippen molar-refractivity contribution in [3.05, 3.63) is 46.4 Å². The van der Waals surface area contributed by atoms with Gasteiger partial charge in [0.15, 0.2) is 0 Å². The molecule has 3 rings (SSSR count). The minimum Gasteiger partial charge on any atom is -0.481 e. The van der Waals surface area contributed by atoms with Crippen LogP contribution in [0, 0.1) is 5.82 Å². The Bertz CT molecular complexity index is 985. The molecule has 30 heavy (non-hydrogen) atoms. The van der Waals surface area contributed by atoms with Gasteiger partial charge in [-0.25, -0.2) is 9.37 Å². The van der Waals surface area contributed by atoms with Gasteiger partial charge in [-0.3, -0.25) is 9.59 Å². The molecule has 1 aliphatic rings. The summed E-state index contributed by atoms with van der Waals surface area (Å²) >= 11 is 6.35. The van der Waals surface area contributed by atoms with Crippen LogP contribution in [-0.4, -0.2) is 55.0 Å². The number of pyridine rings is 1. The summed E-state index contributed by atoms with van der Waals surface area (Å²) in [4.78, 5) is 30.0. The highest BCUT2D eigenvalue weighted by atomic mass is 35.5. The number of carbonyl (C=O) groups is 2. The zero-order valence-electron chi connectivity index (χ0n) is 17.3. The second-order valence-electron chi connectivity index (χ2n) is 7.12. The summed E-state index contributed by atoms with van der Waals surface area (Å²) in [5.41, 5.74) is 0.993. The third-order valence-corrected chi connectivity index (χ3v) is 5.42. The Labute approximate surface area is 179 Å². The number of piperazine rings is 1. The monoisotopic (exact) mass is 434 g/mol. The van der Waals surface area contributed by atoms with Crippen molar-refractivity contribution in [2.75, 3.05) is 27.2 Å². The number of halogens is 2. The lowest BCUT2D eigenvalue weighted by Crippen LogP contribution is -2.53. The van der Waals surface area contributed by atoms with Crippen molar-refractivity contribution in [1.29, 1.82) is 0 Å². The van der Waals surface area contributed by atoms with E-state index in [2.05, 4.69) is 15.6 Å². The van der Waals surface area contributed by atoms with Crippen molar-refractivity contribution in [3.63, 3.8) is 0 Å². The summed E-state index contributed by atoms with van der Waals surface area (Å²) < 4.78 is 21.0. The average Bonchev–Trinajstić information content (AvgIpc) is 2.74. The highest BCUT2D eigenvalue weighted by molar-refractivity contribution is 6.31. The van der Waals surface area contributed by atoms with Crippen LogP contribution in [-0.2, 0) is 4.79 Å². The first kappa shape index (κ1) is 22.0. The van der Waals surface area contributed by atoms with E-state index in [4.69, 9.17) is 16.3 Å². The Morgan fingerprint density at radius 1 is 1.33 bits per heavy atom. The summed E-state index contributed by atoms with van der Waals surface area (Å²) in [5.74, 6) is -0.903. The second-order valence-corrected chi connectivity index (χ2v) is 7.56. The lowest BCUT2D eigenvalue weighted by molar-refractivity contribution is -0.133. The number of rotatable bonds is 4. The van der Waals surface area contributed by atoms with Gasteiger partial charge in [-0.05, 0) is 30.7 Å². The number of ether oxygens (including phenoxy) is 1. The number of nitrogens with one attached hydrogen (secondary N) is 2. The fraction of sp³-hybridized carbons (Fsp3) is 0.381. The molecular formula is C21H24ClFN4O3. The maximum absolute atomic E-state index is 15.8. The van der Waals surface area contributed by atoms with Crippen LogP contribution in [0.25, 0.3) is 11.1 Å². The van der Waals surface area contributed by atoms with Crippen molar-refractivity contribution in [1.82, 2.24) is 20.5 Å². The molecule has 2 atom stereocenters. The summed E-state index contributed by atoms with van der Waals surface area (Å²) in [5, 5.41) is 6.10. The molecule has 1 saturated heterocycles. The van der Waals surface area contributed by atoms with Gasteiger partial charge in [-0.15, -0.1) is 0 Å². The van der Waals surface area contributed by atoms with Gasteiger partial charge in [-0.1, -0.05) is 11.6 Å². The van der Waals surface area contributed by atoms with Gasteiger partial charge in [-0.2, -0.15) is 0 Å². The number of aromatic nitrogens is 1. The van der Waals surface area contributed by atoms with Gasteiger partial charge in [0.2, 0.25) is 11.8 Å². The van der Waals surface area contributed by atoms with E-state index in [9.17, 15) is 9.59 Å². The number of amides is 2. The second kappa shape index (κ2) is 8.97. The molecule has 7 nitrogen and oxygen atoms in total. The molecule has 2 heterocycles. The van der Waals surface area contributed by atoms with Gasteiger partial charge in [0, 0.05) is 55.3 Å². The van der Waals surface area contributed by atoms with E-state index in [1.165, 1.54) is 39.3 Å². The predicted molar refractivity (Wildman–Crippen MR) is 112 cm³/mol. The third kappa shape index (κ3) is 4.24. The molecule has 0 radical (unpaired) electrons. The van der Waals surface area contributed by atoms with Gasteiger partial charge in [0.05, 0.1) is 13.2 Å². The van der Waals surface area contributed by atoms with Crippen LogP contribution in [0.5, 0.6) is 5.88 Å². The Hall–Kier alpha value is -2.71. The minimum atomic E-state index is -0.518. The minimum absolute atomic E-state index is 0.0887. The number of nitrogens with zero attached hydrogens (tertiary/aromatic N) is 2. The molecule has 2 amide bonds. The Morgan fingerprint density at radius 3 is 2.70 bits per heavy atom. The summed E-state index contributed by atoms with van der Waals surface area (Å²) in [7, 11) is 2.90. The van der Waals surface area contributed by atoms with E-state index in [-0.39, 0.29) is 29.1 Å². The van der Waals surface area contributed by atoms with Crippen LogP contribution < -0.4 is 15.4 Å². The van der Waals surface area contributed by atoms with Crippen LogP contribution in [0.4, 0.5) is 4.39 Å². The fourth-order valence-corrected chi connectivity index (χ4v) is 4.00. The van der Waals surface area contributed by atoms with E-state index >= 15 is 4.39 Å². The average molecular weight is 435 g/mol. The van der Waals surface area contributed by atoms with Crippen LogP contribution in [0.2, 0.25) is 5.02 Å². The number of hydrogen-bond donors (Lipinski definition) is 2. The van der Waals surface area contributed by atoms with Gasteiger partial charge in [0.1, 0.15) is 11.5 Å². The smallest absolute Gasteiger partial charge is 0.269 e. The molecule has 1 aromatic heterocycles. The Kier molecular flexibility index (Phi) is 6.58. The van der Waals surface area contributed by atoms with Crippen molar-refractivity contribution in [2.45, 2.75) is 25.9 Å². The Morgan fingerprint density at radius 2 is 2.07 bits per heavy atom. The first-order valence-electron chi connectivity index (χ1n) is 9.54. The van der Waals surface area contributed by atoms with Crippen LogP contribution >= 0.6 is 11.6 Å². The maximum atomic E-state index is 15.8. The quantitative estimate of drug-likeness (QED) is 0.773. The van der Waals surface area contributed by atoms with Crippen molar-refractivity contribution in [3.8, 4) is 17.0 Å². The first-order valence-corrected chi connectivity index (χ1v) is 9.92. The number of methoxy groups -OCH3 is 1. The molecule has 0 spiro atoms. The highest BCUT2D eigenvalue weighted by Crippen LogP contribution is 2.37. The molecule has 9 heteroatoms. The zero-order chi connectivity index (χ0) is 22.0. The summed E-state index contributed by atoms with van der Waals surface area (Å²) in [6.07, 6.45) is 0. The fourth-order valence-electron chi connectivity index (χ4n) is 3.77. The predicted octanol–water partition coefficient (Wildman–Crippen LogP) is 2.79. The zero-order valence-corrected chi connectivity index (χ0v) is 18.0. The van der Waals surface area contributed by atoms with E-state index < -0.39 is 17.8 Å². The van der Waals surface area contributed by atoms with E-state index in [1.54, 1.807) is 11.0 Å². The summed E-state index contributed by atoms with van der Waals surface area (Å²) in [6.45, 7) is 4.47. The van der Waals surface area contributed by atoms with Crippen LogP contribution in [0.1, 0.15) is 35.9 Å². The Balaban J connectivity index is 2.18. The number of carbonyl (C=O) groups excluding carboxylic acids is 2. The lowest BCUT2D eigenvalue weighted by atomic mass is 9.92. The van der Waals surface area contributed by atoms with Crippen molar-refractivity contribution < 1.29 is 18.7 Å². The molecular weight excluding hydrogens is 411 g/mol. The van der Waals surface area contributed by atoms with Gasteiger partial charge < -0.3 is 20.3 Å². The number of hydrogen-bond acceptors (Lipinski definition) is 5. The highest BCUT2D eigenvalue weighted by Gasteiger charge is 2.34. The topological polar surface area (TPSA) is 83.6 Å². The molecule has 160 valence electrons. The van der Waals surface area contributed by atoms with Gasteiger partial charge >= 0.3 is 0 Å². The largest absolute Gasteiger partial charge is 0.481 e. The van der Waals surface area contributed by atoms with Crippen molar-refractivity contribution in [2.24, 2.45) is 0 Å². The molecule has 2 aromatic rings. The van der Waals surface area contributed by atoms with E-state index in [1.807, 2.05) is 6.92 Å². The lowest BCUT2D eigenvalue weighted by Gasteiger charge is -2.40. The van der Waals surface area contributed by atoms with E-state index in [0.29, 0.717) is 29.2 Å². The first-order chi connectivity index (χ1) is 14.3. The normalized spacial score (nSPS) is 18.8. The van der Waals surface area contributed by atoms with Crippen LogP contribution in [0.3, 0.4) is 0 Å². The standard InChI is InChI=1S/C21H24ClFN4O3/c1-11-20(27(12(2)28)6-5-25-11)16-10-14(22)9-15(19(16)23)13-7-17(21(29)24-3)26-18(8-13)30-4/h7-11,20,25H,5-6H2,1-4H3,(H,24,29)/t11-,20+/m1/s1. The van der Waals surface area contributed by atoms with E-state index in [0.717, 1.165) is 0 Å². The van der Waals surface area contributed by atoms with Gasteiger partial charge in [0.25, 0.3) is 5.91 Å². The molecule has 0 saturated carbocycles. The molecule has 1 fully saturated rings. The molecule has 1 aliphatic heterocycles. The molecule has 0 unspecified atom stereocenters. The molecule has 0 bridgehead atoms. The summed E-state index contributed by atoms with van der Waals surface area (Å²) in [6, 6.07) is 5.36. The third-order valence-electron chi connectivity index (χ3n) is 5.20. The molecule has 2 N–H and O–H groups in total. The maximum Gasteiger partial charge on any atom is 0.269 e. The number of benzene rings is 1.